The van der Waals surface area contributed by atoms with Crippen molar-refractivity contribution in [2.45, 2.75) is 26.3 Å². The molecule has 0 fully saturated rings. The third-order valence-electron chi connectivity index (χ3n) is 2.56. The molecule has 1 aromatic rings. The minimum absolute atomic E-state index is 0.186. The van der Waals surface area contributed by atoms with Gasteiger partial charge in [0.2, 0.25) is 0 Å². The SMILES string of the molecule is CCCNC(C)CN(C)c1ccc(F)cc1. The summed E-state index contributed by atoms with van der Waals surface area (Å²) in [7, 11) is 2.03. The van der Waals surface area contributed by atoms with Gasteiger partial charge in [0.1, 0.15) is 5.82 Å². The van der Waals surface area contributed by atoms with Gasteiger partial charge in [-0.15, -0.1) is 0 Å². The molecule has 16 heavy (non-hydrogen) atoms. The Morgan fingerprint density at radius 2 is 1.94 bits per heavy atom. The Balaban J connectivity index is 2.45. The van der Waals surface area contributed by atoms with Crippen LogP contribution in [0.1, 0.15) is 20.3 Å². The van der Waals surface area contributed by atoms with Crippen molar-refractivity contribution in [2.75, 3.05) is 25.0 Å². The molecule has 1 rings (SSSR count). The van der Waals surface area contributed by atoms with Crippen LogP contribution in [0.2, 0.25) is 0 Å². The highest BCUT2D eigenvalue weighted by Crippen LogP contribution is 2.13. The number of benzene rings is 1. The third kappa shape index (κ3) is 4.19. The van der Waals surface area contributed by atoms with E-state index in [1.807, 2.05) is 19.2 Å². The maximum atomic E-state index is 12.7. The Labute approximate surface area is 97.5 Å². The zero-order chi connectivity index (χ0) is 12.0. The average molecular weight is 224 g/mol. The topological polar surface area (TPSA) is 15.3 Å². The van der Waals surface area contributed by atoms with Crippen LogP contribution < -0.4 is 10.2 Å². The van der Waals surface area contributed by atoms with Gasteiger partial charge in [-0.3, -0.25) is 0 Å². The van der Waals surface area contributed by atoms with E-state index in [1.54, 1.807) is 0 Å². The Hall–Kier alpha value is -1.09. The molecule has 0 aromatic heterocycles. The van der Waals surface area contributed by atoms with Crippen LogP contribution in [0.3, 0.4) is 0 Å². The fourth-order valence-corrected chi connectivity index (χ4v) is 1.67. The Morgan fingerprint density at radius 3 is 2.50 bits per heavy atom. The summed E-state index contributed by atoms with van der Waals surface area (Å²) in [6, 6.07) is 7.05. The van der Waals surface area contributed by atoms with Crippen LogP contribution in [-0.2, 0) is 0 Å². The minimum atomic E-state index is -0.186. The second-order valence-corrected chi connectivity index (χ2v) is 4.21. The van der Waals surface area contributed by atoms with E-state index in [0.717, 1.165) is 25.2 Å². The first-order valence-corrected chi connectivity index (χ1v) is 5.83. The van der Waals surface area contributed by atoms with E-state index in [4.69, 9.17) is 0 Å². The summed E-state index contributed by atoms with van der Waals surface area (Å²) in [6.45, 7) is 6.28. The van der Waals surface area contributed by atoms with Gasteiger partial charge in [0.15, 0.2) is 0 Å². The number of halogens is 1. The number of hydrogen-bond acceptors (Lipinski definition) is 2. The fourth-order valence-electron chi connectivity index (χ4n) is 1.67. The molecular weight excluding hydrogens is 203 g/mol. The molecule has 3 heteroatoms. The fraction of sp³-hybridized carbons (Fsp3) is 0.538. The number of nitrogens with zero attached hydrogens (tertiary/aromatic N) is 1. The van der Waals surface area contributed by atoms with E-state index in [2.05, 4.69) is 24.1 Å². The molecule has 0 bridgehead atoms. The second kappa shape index (κ2) is 6.48. The highest BCUT2D eigenvalue weighted by molar-refractivity contribution is 5.45. The smallest absolute Gasteiger partial charge is 0.123 e. The third-order valence-corrected chi connectivity index (χ3v) is 2.56. The molecule has 90 valence electrons. The highest BCUT2D eigenvalue weighted by Gasteiger charge is 2.06. The van der Waals surface area contributed by atoms with Crippen LogP contribution in [0.4, 0.5) is 10.1 Å². The van der Waals surface area contributed by atoms with Crippen LogP contribution in [0.25, 0.3) is 0 Å². The average Bonchev–Trinajstić information content (AvgIpc) is 2.27. The van der Waals surface area contributed by atoms with Gasteiger partial charge in [0.05, 0.1) is 0 Å². The molecule has 0 heterocycles. The minimum Gasteiger partial charge on any atom is -0.373 e. The first kappa shape index (κ1) is 13.0. The summed E-state index contributed by atoms with van der Waals surface area (Å²) >= 11 is 0. The van der Waals surface area contributed by atoms with Crippen molar-refractivity contribution in [3.05, 3.63) is 30.1 Å². The second-order valence-electron chi connectivity index (χ2n) is 4.21. The van der Waals surface area contributed by atoms with Crippen molar-refractivity contribution in [3.63, 3.8) is 0 Å². The van der Waals surface area contributed by atoms with Crippen molar-refractivity contribution in [3.8, 4) is 0 Å². The molecule has 0 aliphatic heterocycles. The van der Waals surface area contributed by atoms with E-state index in [9.17, 15) is 4.39 Å². The molecular formula is C13H21FN2. The molecule has 0 saturated heterocycles. The molecule has 1 unspecified atom stereocenters. The van der Waals surface area contributed by atoms with Crippen molar-refractivity contribution < 1.29 is 4.39 Å². The van der Waals surface area contributed by atoms with E-state index < -0.39 is 0 Å². The van der Waals surface area contributed by atoms with E-state index in [-0.39, 0.29) is 5.82 Å². The molecule has 0 aliphatic carbocycles. The summed E-state index contributed by atoms with van der Waals surface area (Å²) in [5.74, 6) is -0.186. The van der Waals surface area contributed by atoms with Crippen molar-refractivity contribution in [2.24, 2.45) is 0 Å². The summed E-state index contributed by atoms with van der Waals surface area (Å²) < 4.78 is 12.7. The van der Waals surface area contributed by atoms with Gasteiger partial charge >= 0.3 is 0 Å². The number of nitrogens with one attached hydrogen (secondary N) is 1. The van der Waals surface area contributed by atoms with Crippen LogP contribution in [0.15, 0.2) is 24.3 Å². The predicted octanol–water partition coefficient (Wildman–Crippen LogP) is 2.65. The zero-order valence-corrected chi connectivity index (χ0v) is 10.3. The lowest BCUT2D eigenvalue weighted by Crippen LogP contribution is -2.37. The Kier molecular flexibility index (Phi) is 5.26. The van der Waals surface area contributed by atoms with Crippen LogP contribution in [0.5, 0.6) is 0 Å². The molecule has 1 aromatic carbocycles. The summed E-state index contributed by atoms with van der Waals surface area (Å²) in [4.78, 5) is 2.13. The number of likely N-dealkylation sites (N-methyl/N-ethyl adjacent to an activating group) is 1. The molecule has 0 saturated carbocycles. The normalized spacial score (nSPS) is 12.5. The number of anilines is 1. The van der Waals surface area contributed by atoms with Gasteiger partial charge in [-0.05, 0) is 44.2 Å². The Bertz CT molecular complexity index is 297. The van der Waals surface area contributed by atoms with Crippen molar-refractivity contribution >= 4 is 5.69 Å². The molecule has 2 nitrogen and oxygen atoms in total. The van der Waals surface area contributed by atoms with E-state index in [0.29, 0.717) is 6.04 Å². The lowest BCUT2D eigenvalue weighted by atomic mass is 10.2. The quantitative estimate of drug-likeness (QED) is 0.799. The molecule has 0 spiro atoms. The largest absolute Gasteiger partial charge is 0.373 e. The maximum absolute atomic E-state index is 12.7. The summed E-state index contributed by atoms with van der Waals surface area (Å²) in [5.41, 5.74) is 1.05. The lowest BCUT2D eigenvalue weighted by molar-refractivity contribution is 0.544. The van der Waals surface area contributed by atoms with Gasteiger partial charge in [0.25, 0.3) is 0 Å². The van der Waals surface area contributed by atoms with Gasteiger partial charge in [-0.1, -0.05) is 6.92 Å². The first-order valence-electron chi connectivity index (χ1n) is 5.83. The van der Waals surface area contributed by atoms with Crippen LogP contribution >= 0.6 is 0 Å². The van der Waals surface area contributed by atoms with Gasteiger partial charge in [0, 0.05) is 25.3 Å². The standard InChI is InChI=1S/C13H21FN2/c1-4-9-15-11(2)10-16(3)13-7-5-12(14)6-8-13/h5-8,11,15H,4,9-10H2,1-3H3. The van der Waals surface area contributed by atoms with Gasteiger partial charge in [-0.25, -0.2) is 4.39 Å². The monoisotopic (exact) mass is 224 g/mol. The number of rotatable bonds is 6. The van der Waals surface area contributed by atoms with Crippen molar-refractivity contribution in [1.29, 1.82) is 0 Å². The molecule has 0 radical (unpaired) electrons. The van der Waals surface area contributed by atoms with E-state index >= 15 is 0 Å². The van der Waals surface area contributed by atoms with Gasteiger partial charge in [-0.2, -0.15) is 0 Å². The number of hydrogen-bond donors (Lipinski definition) is 1. The molecule has 1 atom stereocenters. The predicted molar refractivity (Wildman–Crippen MR) is 67.4 cm³/mol. The molecule has 0 aliphatic rings. The lowest BCUT2D eigenvalue weighted by Gasteiger charge is -2.24. The van der Waals surface area contributed by atoms with Gasteiger partial charge < -0.3 is 10.2 Å². The Morgan fingerprint density at radius 1 is 1.31 bits per heavy atom. The summed E-state index contributed by atoms with van der Waals surface area (Å²) in [6.07, 6.45) is 1.14. The van der Waals surface area contributed by atoms with Crippen LogP contribution in [-0.4, -0.2) is 26.2 Å². The maximum Gasteiger partial charge on any atom is 0.123 e. The van der Waals surface area contributed by atoms with Crippen molar-refractivity contribution in [1.82, 2.24) is 5.32 Å². The molecule has 0 amide bonds. The zero-order valence-electron chi connectivity index (χ0n) is 10.3. The van der Waals surface area contributed by atoms with Crippen LogP contribution in [0, 0.1) is 5.82 Å². The van der Waals surface area contributed by atoms with E-state index in [1.165, 1.54) is 12.1 Å². The summed E-state index contributed by atoms with van der Waals surface area (Å²) in [5, 5.41) is 3.43. The first-order chi connectivity index (χ1) is 7.63. The highest BCUT2D eigenvalue weighted by atomic mass is 19.1. The molecule has 1 N–H and O–H groups in total.